The van der Waals surface area contributed by atoms with Crippen molar-refractivity contribution in [3.63, 3.8) is 0 Å². The summed E-state index contributed by atoms with van der Waals surface area (Å²) < 4.78 is 1.72. The van der Waals surface area contributed by atoms with Gasteiger partial charge in [0.05, 0.1) is 17.1 Å². The molecule has 0 atom stereocenters. The number of hydrogen-bond acceptors (Lipinski definition) is 5. The first-order chi connectivity index (χ1) is 15.6. The highest BCUT2D eigenvalue weighted by molar-refractivity contribution is 6.30. The Balaban J connectivity index is 1.71. The molecule has 3 aromatic carbocycles. The summed E-state index contributed by atoms with van der Waals surface area (Å²) in [7, 11) is 0. The second kappa shape index (κ2) is 8.24. The number of nitrogens with two attached hydrogens (primary N) is 1. The fourth-order valence-electron chi connectivity index (χ4n) is 3.42. The van der Waals surface area contributed by atoms with Gasteiger partial charge in [0.15, 0.2) is 17.2 Å². The number of fused-ring (bicyclic) bond motifs is 1. The van der Waals surface area contributed by atoms with Crippen molar-refractivity contribution in [2.45, 2.75) is 6.92 Å². The molecule has 0 amide bonds. The van der Waals surface area contributed by atoms with E-state index in [2.05, 4.69) is 46.5 Å². The zero-order chi connectivity index (χ0) is 22.1. The van der Waals surface area contributed by atoms with Gasteiger partial charge >= 0.3 is 0 Å². The number of halogens is 1. The smallest absolute Gasteiger partial charge is 0.186 e. The zero-order valence-corrected chi connectivity index (χ0v) is 18.0. The first-order valence-electron chi connectivity index (χ1n) is 10.1. The Kier molecular flexibility index (Phi) is 5.13. The summed E-state index contributed by atoms with van der Waals surface area (Å²) >= 11 is 5.96. The molecule has 2 heterocycles. The number of anilines is 1. The van der Waals surface area contributed by atoms with Crippen molar-refractivity contribution in [2.24, 2.45) is 10.2 Å². The predicted molar refractivity (Wildman–Crippen MR) is 129 cm³/mol. The molecule has 0 aliphatic carbocycles. The lowest BCUT2D eigenvalue weighted by atomic mass is 10.1. The Morgan fingerprint density at radius 3 is 2.28 bits per heavy atom. The van der Waals surface area contributed by atoms with Gasteiger partial charge in [-0.2, -0.15) is 5.11 Å². The summed E-state index contributed by atoms with van der Waals surface area (Å²) in [6.45, 7) is 2.06. The van der Waals surface area contributed by atoms with Crippen molar-refractivity contribution in [3.05, 3.63) is 95.5 Å². The third kappa shape index (κ3) is 3.84. The van der Waals surface area contributed by atoms with Crippen LogP contribution in [0.2, 0.25) is 5.02 Å². The van der Waals surface area contributed by atoms with Crippen LogP contribution in [0, 0.1) is 6.92 Å². The Bertz CT molecular complexity index is 1420. The molecule has 2 N–H and O–H groups in total. The summed E-state index contributed by atoms with van der Waals surface area (Å²) in [4.78, 5) is 4.85. The Morgan fingerprint density at radius 1 is 0.844 bits per heavy atom. The summed E-state index contributed by atoms with van der Waals surface area (Å²) in [5.74, 6) is 0.258. The lowest BCUT2D eigenvalue weighted by molar-refractivity contribution is 0.955. The zero-order valence-electron chi connectivity index (χ0n) is 17.3. The molecular weight excluding hydrogens is 420 g/mol. The highest BCUT2D eigenvalue weighted by Crippen LogP contribution is 2.34. The maximum Gasteiger partial charge on any atom is 0.186 e. The van der Waals surface area contributed by atoms with Crippen LogP contribution in [0.1, 0.15) is 5.56 Å². The average Bonchev–Trinajstić information content (AvgIpc) is 3.14. The van der Waals surface area contributed by atoms with Gasteiger partial charge in [-0.05, 0) is 37.3 Å². The van der Waals surface area contributed by atoms with E-state index in [0.717, 1.165) is 22.5 Å². The van der Waals surface area contributed by atoms with E-state index < -0.39 is 0 Å². The van der Waals surface area contributed by atoms with Crippen LogP contribution >= 0.6 is 11.6 Å². The number of rotatable bonds is 4. The summed E-state index contributed by atoms with van der Waals surface area (Å²) in [5.41, 5.74) is 12.7. The number of hydrogen-bond donors (Lipinski definition) is 1. The SMILES string of the molecule is Cc1ccc(-c2cc(-c3ccccc3)n3nc(N)c(N=Nc4ccc(Cl)cc4)c3n2)cc1. The van der Waals surface area contributed by atoms with Crippen LogP contribution in [0.4, 0.5) is 17.2 Å². The normalized spacial score (nSPS) is 11.4. The van der Waals surface area contributed by atoms with E-state index in [9.17, 15) is 0 Å². The minimum absolute atomic E-state index is 0.258. The van der Waals surface area contributed by atoms with Crippen molar-refractivity contribution in [1.82, 2.24) is 14.6 Å². The van der Waals surface area contributed by atoms with Gasteiger partial charge in [-0.25, -0.2) is 9.50 Å². The van der Waals surface area contributed by atoms with Crippen LogP contribution in [-0.4, -0.2) is 14.6 Å². The first-order valence-corrected chi connectivity index (χ1v) is 10.5. The minimum Gasteiger partial charge on any atom is -0.380 e. The van der Waals surface area contributed by atoms with Gasteiger partial charge in [-0.3, -0.25) is 0 Å². The Labute approximate surface area is 190 Å². The van der Waals surface area contributed by atoms with Crippen LogP contribution in [0.3, 0.4) is 0 Å². The lowest BCUT2D eigenvalue weighted by Crippen LogP contribution is -1.98. The maximum absolute atomic E-state index is 6.25. The topological polar surface area (TPSA) is 80.9 Å². The number of benzene rings is 3. The van der Waals surface area contributed by atoms with Crippen LogP contribution in [0.15, 0.2) is 95.2 Å². The van der Waals surface area contributed by atoms with Gasteiger partial charge < -0.3 is 5.73 Å². The lowest BCUT2D eigenvalue weighted by Gasteiger charge is -2.09. The second-order valence-corrected chi connectivity index (χ2v) is 7.84. The fourth-order valence-corrected chi connectivity index (χ4v) is 3.55. The average molecular weight is 439 g/mol. The van der Waals surface area contributed by atoms with E-state index in [-0.39, 0.29) is 5.82 Å². The number of nitrogens with zero attached hydrogens (tertiary/aromatic N) is 5. The molecule has 7 heteroatoms. The molecule has 0 fully saturated rings. The number of aryl methyl sites for hydroxylation is 1. The largest absolute Gasteiger partial charge is 0.380 e. The van der Waals surface area contributed by atoms with Gasteiger partial charge in [0.1, 0.15) is 0 Å². The molecule has 6 nitrogen and oxygen atoms in total. The molecule has 0 saturated carbocycles. The van der Waals surface area contributed by atoms with Crippen molar-refractivity contribution >= 4 is 34.4 Å². The minimum atomic E-state index is 0.258. The molecule has 0 saturated heterocycles. The highest BCUT2D eigenvalue weighted by atomic mass is 35.5. The van der Waals surface area contributed by atoms with E-state index in [4.69, 9.17) is 22.3 Å². The molecule has 5 aromatic rings. The van der Waals surface area contributed by atoms with E-state index in [1.807, 2.05) is 36.4 Å². The van der Waals surface area contributed by atoms with E-state index in [1.54, 1.807) is 28.8 Å². The molecule has 0 spiro atoms. The monoisotopic (exact) mass is 438 g/mol. The van der Waals surface area contributed by atoms with Crippen molar-refractivity contribution in [1.29, 1.82) is 0 Å². The van der Waals surface area contributed by atoms with Crippen LogP contribution in [0.25, 0.3) is 28.2 Å². The number of nitrogen functional groups attached to an aromatic ring is 1. The molecule has 2 aromatic heterocycles. The first kappa shape index (κ1) is 19.9. The van der Waals surface area contributed by atoms with Gasteiger partial charge in [0.2, 0.25) is 0 Å². The Morgan fingerprint density at radius 2 is 1.56 bits per heavy atom. The standard InChI is InChI=1S/C25H19ClN6/c1-16-7-9-17(10-8-16)21-15-22(18-5-3-2-4-6-18)32-25(28-21)23(24(27)31-32)30-29-20-13-11-19(26)12-14-20/h2-15H,1H3,(H2,27,31). The van der Waals surface area contributed by atoms with Crippen LogP contribution in [-0.2, 0) is 0 Å². The van der Waals surface area contributed by atoms with E-state index >= 15 is 0 Å². The summed E-state index contributed by atoms with van der Waals surface area (Å²) in [5, 5.41) is 13.9. The van der Waals surface area contributed by atoms with Crippen molar-refractivity contribution < 1.29 is 0 Å². The number of azo groups is 1. The molecular formula is C25H19ClN6. The fraction of sp³-hybridized carbons (Fsp3) is 0.0400. The van der Waals surface area contributed by atoms with Gasteiger partial charge in [-0.15, -0.1) is 10.2 Å². The van der Waals surface area contributed by atoms with E-state index in [0.29, 0.717) is 22.0 Å². The molecule has 0 radical (unpaired) electrons. The highest BCUT2D eigenvalue weighted by Gasteiger charge is 2.17. The third-order valence-electron chi connectivity index (χ3n) is 5.10. The maximum atomic E-state index is 6.25. The van der Waals surface area contributed by atoms with Gasteiger partial charge in [-0.1, -0.05) is 71.8 Å². The molecule has 156 valence electrons. The Hall–Kier alpha value is -4.03. The predicted octanol–water partition coefficient (Wildman–Crippen LogP) is 7.02. The molecule has 0 aliphatic rings. The van der Waals surface area contributed by atoms with E-state index in [1.165, 1.54) is 5.56 Å². The van der Waals surface area contributed by atoms with Gasteiger partial charge in [0.25, 0.3) is 0 Å². The molecule has 5 rings (SSSR count). The van der Waals surface area contributed by atoms with Gasteiger partial charge in [0, 0.05) is 16.1 Å². The van der Waals surface area contributed by atoms with Crippen LogP contribution in [0.5, 0.6) is 0 Å². The number of aromatic nitrogens is 3. The quantitative estimate of drug-likeness (QED) is 0.306. The van der Waals surface area contributed by atoms with Crippen molar-refractivity contribution in [2.75, 3.05) is 5.73 Å². The molecule has 0 aliphatic heterocycles. The summed E-state index contributed by atoms with van der Waals surface area (Å²) in [6.07, 6.45) is 0. The van der Waals surface area contributed by atoms with Crippen LogP contribution < -0.4 is 5.73 Å². The molecule has 0 unspecified atom stereocenters. The van der Waals surface area contributed by atoms with Crippen molar-refractivity contribution in [3.8, 4) is 22.5 Å². The molecule has 0 bridgehead atoms. The third-order valence-corrected chi connectivity index (χ3v) is 5.35. The second-order valence-electron chi connectivity index (χ2n) is 7.40. The summed E-state index contributed by atoms with van der Waals surface area (Å²) in [6, 6.07) is 27.4. The molecule has 32 heavy (non-hydrogen) atoms.